The predicted molar refractivity (Wildman–Crippen MR) is 86.7 cm³/mol. The first-order valence-electron chi connectivity index (χ1n) is 7.36. The Morgan fingerprint density at radius 2 is 2.19 bits per heavy atom. The second-order valence-electron chi connectivity index (χ2n) is 5.64. The van der Waals surface area contributed by atoms with Crippen molar-refractivity contribution >= 4 is 15.9 Å². The van der Waals surface area contributed by atoms with Crippen LogP contribution in [0.4, 0.5) is 0 Å². The van der Waals surface area contributed by atoms with E-state index in [0.717, 1.165) is 41.6 Å². The summed E-state index contributed by atoms with van der Waals surface area (Å²) in [6, 6.07) is 6.13. The van der Waals surface area contributed by atoms with E-state index < -0.39 is 0 Å². The van der Waals surface area contributed by atoms with Crippen LogP contribution in [-0.4, -0.2) is 16.8 Å². The Balaban J connectivity index is 1.82. The third kappa shape index (κ3) is 3.16. The third-order valence-electron chi connectivity index (χ3n) is 4.11. The molecule has 1 aliphatic rings. The molecule has 0 amide bonds. The van der Waals surface area contributed by atoms with Gasteiger partial charge in [-0.15, -0.1) is 0 Å². The van der Waals surface area contributed by atoms with Crippen molar-refractivity contribution in [2.45, 2.75) is 38.3 Å². The quantitative estimate of drug-likeness (QED) is 0.847. The first kappa shape index (κ1) is 14.7. The van der Waals surface area contributed by atoms with Gasteiger partial charge in [0.2, 0.25) is 0 Å². The number of aryl methyl sites for hydroxylation is 1. The lowest BCUT2D eigenvalue weighted by Gasteiger charge is -2.08. The van der Waals surface area contributed by atoms with Gasteiger partial charge in [0.15, 0.2) is 0 Å². The number of aromatic nitrogens is 1. The van der Waals surface area contributed by atoms with Crippen LogP contribution in [0.2, 0.25) is 0 Å². The van der Waals surface area contributed by atoms with E-state index in [1.54, 1.807) is 7.11 Å². The van der Waals surface area contributed by atoms with Gasteiger partial charge in [-0.25, -0.2) is 0 Å². The molecule has 1 aromatic heterocycles. The van der Waals surface area contributed by atoms with E-state index in [2.05, 4.69) is 45.0 Å². The summed E-state index contributed by atoms with van der Waals surface area (Å²) in [4.78, 5) is 0. The van der Waals surface area contributed by atoms with Crippen molar-refractivity contribution in [3.63, 3.8) is 0 Å². The van der Waals surface area contributed by atoms with Gasteiger partial charge < -0.3 is 14.4 Å². The summed E-state index contributed by atoms with van der Waals surface area (Å²) in [7, 11) is 1.67. The van der Waals surface area contributed by atoms with Gasteiger partial charge in [0.05, 0.1) is 17.7 Å². The molecule has 112 valence electrons. The van der Waals surface area contributed by atoms with Gasteiger partial charge in [-0.05, 0) is 58.5 Å². The van der Waals surface area contributed by atoms with Gasteiger partial charge in [0.25, 0.3) is 0 Å². The van der Waals surface area contributed by atoms with Crippen LogP contribution in [0, 0.1) is 0 Å². The Bertz CT molecular complexity index is 636. The largest absolute Gasteiger partial charge is 0.496 e. The molecule has 1 unspecified atom stereocenters. The van der Waals surface area contributed by atoms with Crippen LogP contribution in [0.25, 0.3) is 0 Å². The van der Waals surface area contributed by atoms with Crippen LogP contribution in [0.5, 0.6) is 5.75 Å². The number of ether oxygens (including phenoxy) is 1. The van der Waals surface area contributed by atoms with Crippen LogP contribution in [0.15, 0.2) is 35.1 Å². The highest BCUT2D eigenvalue weighted by Gasteiger charge is 2.18. The molecule has 0 spiro atoms. The van der Waals surface area contributed by atoms with E-state index in [9.17, 15) is 5.11 Å². The fourth-order valence-corrected chi connectivity index (χ4v) is 3.59. The van der Waals surface area contributed by atoms with Crippen molar-refractivity contribution in [2.75, 3.05) is 7.11 Å². The van der Waals surface area contributed by atoms with E-state index >= 15 is 0 Å². The smallest absolute Gasteiger partial charge is 0.133 e. The van der Waals surface area contributed by atoms with Crippen molar-refractivity contribution < 1.29 is 9.84 Å². The molecule has 1 atom stereocenters. The SMILES string of the molecule is COc1ccc(Cn2cc3c(c2)C(O)CCCC3)cc1Br. The summed E-state index contributed by atoms with van der Waals surface area (Å²) in [6.45, 7) is 0.808. The topological polar surface area (TPSA) is 34.4 Å². The number of hydrogen-bond acceptors (Lipinski definition) is 2. The lowest BCUT2D eigenvalue weighted by atomic mass is 10.1. The van der Waals surface area contributed by atoms with Crippen molar-refractivity contribution in [2.24, 2.45) is 0 Å². The molecule has 4 heteroatoms. The molecule has 0 radical (unpaired) electrons. The van der Waals surface area contributed by atoms with Crippen LogP contribution in [0.1, 0.15) is 42.1 Å². The number of fused-ring (bicyclic) bond motifs is 1. The first-order chi connectivity index (χ1) is 10.2. The van der Waals surface area contributed by atoms with Crippen molar-refractivity contribution in [3.8, 4) is 5.75 Å². The first-order valence-corrected chi connectivity index (χ1v) is 8.15. The standard InChI is InChI=1S/C17H20BrNO2/c1-21-17-7-6-12(8-15(17)18)9-19-10-13-4-2-3-5-16(20)14(13)11-19/h6-8,10-11,16,20H,2-5,9H2,1H3. The summed E-state index contributed by atoms with van der Waals surface area (Å²) >= 11 is 3.52. The summed E-state index contributed by atoms with van der Waals surface area (Å²) in [5.74, 6) is 0.845. The van der Waals surface area contributed by atoms with Crippen LogP contribution < -0.4 is 4.74 Å². The van der Waals surface area contributed by atoms with E-state index in [4.69, 9.17) is 4.74 Å². The molecule has 21 heavy (non-hydrogen) atoms. The summed E-state index contributed by atoms with van der Waals surface area (Å²) < 4.78 is 8.40. The fraction of sp³-hybridized carbons (Fsp3) is 0.412. The lowest BCUT2D eigenvalue weighted by molar-refractivity contribution is 0.166. The highest BCUT2D eigenvalue weighted by Crippen LogP contribution is 2.30. The Morgan fingerprint density at radius 3 is 2.95 bits per heavy atom. The fourth-order valence-electron chi connectivity index (χ4n) is 3.00. The second-order valence-corrected chi connectivity index (χ2v) is 6.50. The Kier molecular flexibility index (Phi) is 4.36. The maximum atomic E-state index is 10.2. The van der Waals surface area contributed by atoms with Crippen LogP contribution in [0.3, 0.4) is 0 Å². The van der Waals surface area contributed by atoms with E-state index in [1.165, 1.54) is 17.5 Å². The number of nitrogens with zero attached hydrogens (tertiary/aromatic N) is 1. The number of benzene rings is 1. The molecule has 1 heterocycles. The van der Waals surface area contributed by atoms with Gasteiger partial charge >= 0.3 is 0 Å². The van der Waals surface area contributed by atoms with E-state index in [0.29, 0.717) is 0 Å². The second kappa shape index (κ2) is 6.24. The molecule has 0 saturated heterocycles. The molecular weight excluding hydrogens is 330 g/mol. The highest BCUT2D eigenvalue weighted by molar-refractivity contribution is 9.10. The Hall–Kier alpha value is -1.26. The Labute approximate surface area is 133 Å². The molecule has 1 N–H and O–H groups in total. The zero-order chi connectivity index (χ0) is 14.8. The number of hydrogen-bond donors (Lipinski definition) is 1. The maximum absolute atomic E-state index is 10.2. The van der Waals surface area contributed by atoms with E-state index in [1.807, 2.05) is 6.07 Å². The number of aliphatic hydroxyl groups is 1. The molecule has 1 aliphatic carbocycles. The molecule has 3 nitrogen and oxygen atoms in total. The predicted octanol–water partition coefficient (Wildman–Crippen LogP) is 4.07. The molecule has 0 bridgehead atoms. The highest BCUT2D eigenvalue weighted by atomic mass is 79.9. The van der Waals surface area contributed by atoms with Gasteiger partial charge in [0.1, 0.15) is 5.75 Å². The van der Waals surface area contributed by atoms with Crippen LogP contribution >= 0.6 is 15.9 Å². The normalized spacial score (nSPS) is 18.1. The number of rotatable bonds is 3. The number of halogens is 1. The molecule has 1 aromatic carbocycles. The molecule has 0 fully saturated rings. The molecule has 2 aromatic rings. The monoisotopic (exact) mass is 349 g/mol. The van der Waals surface area contributed by atoms with Gasteiger partial charge in [0, 0.05) is 24.5 Å². The molecule has 0 aliphatic heterocycles. The minimum atomic E-state index is -0.300. The third-order valence-corrected chi connectivity index (χ3v) is 4.73. The summed E-state index contributed by atoms with van der Waals surface area (Å²) in [6.07, 6.45) is 8.22. The van der Waals surface area contributed by atoms with Crippen LogP contribution in [-0.2, 0) is 13.0 Å². The zero-order valence-corrected chi connectivity index (χ0v) is 13.8. The summed E-state index contributed by atoms with van der Waals surface area (Å²) in [5, 5.41) is 10.2. The average Bonchev–Trinajstić information content (AvgIpc) is 2.79. The van der Waals surface area contributed by atoms with Crippen molar-refractivity contribution in [3.05, 3.63) is 51.8 Å². The lowest BCUT2D eigenvalue weighted by Crippen LogP contribution is -1.98. The minimum Gasteiger partial charge on any atom is -0.496 e. The summed E-state index contributed by atoms with van der Waals surface area (Å²) in [5.41, 5.74) is 3.62. The molecule has 3 rings (SSSR count). The minimum absolute atomic E-state index is 0.300. The molecular formula is C17H20BrNO2. The van der Waals surface area contributed by atoms with Gasteiger partial charge in [-0.1, -0.05) is 12.5 Å². The van der Waals surface area contributed by atoms with Gasteiger partial charge in [-0.2, -0.15) is 0 Å². The van der Waals surface area contributed by atoms with Gasteiger partial charge in [-0.3, -0.25) is 0 Å². The Morgan fingerprint density at radius 1 is 1.33 bits per heavy atom. The molecule has 0 saturated carbocycles. The van der Waals surface area contributed by atoms with Crippen molar-refractivity contribution in [1.29, 1.82) is 0 Å². The average molecular weight is 350 g/mol. The zero-order valence-electron chi connectivity index (χ0n) is 12.2. The number of methoxy groups -OCH3 is 1. The number of aliphatic hydroxyl groups excluding tert-OH is 1. The maximum Gasteiger partial charge on any atom is 0.133 e. The van der Waals surface area contributed by atoms with Crippen molar-refractivity contribution in [1.82, 2.24) is 4.57 Å². The van der Waals surface area contributed by atoms with E-state index in [-0.39, 0.29) is 6.10 Å².